The molecule has 0 fully saturated rings. The van der Waals surface area contributed by atoms with Crippen LogP contribution in [0.1, 0.15) is 23.2 Å². The molecule has 2 amide bonds. The highest BCUT2D eigenvalue weighted by atomic mass is 35.5. The Morgan fingerprint density at radius 3 is 2.48 bits per heavy atom. The number of hydrogen-bond donors (Lipinski definition) is 2. The second kappa shape index (κ2) is 9.35. The van der Waals surface area contributed by atoms with Crippen molar-refractivity contribution in [2.45, 2.75) is 12.8 Å². The number of anilines is 1. The minimum Gasteiger partial charge on any atom is -0.352 e. The monoisotopic (exact) mass is 398 g/mol. The summed E-state index contributed by atoms with van der Waals surface area (Å²) in [5.74, 6) is -0.241. The van der Waals surface area contributed by atoms with Gasteiger partial charge in [0.2, 0.25) is 5.91 Å². The number of carbonyl (C=O) groups excluding carboxylic acids is 2. The van der Waals surface area contributed by atoms with Gasteiger partial charge in [-0.05, 0) is 48.2 Å². The van der Waals surface area contributed by atoms with Gasteiger partial charge in [0, 0.05) is 39.7 Å². The molecule has 2 aromatic carbocycles. The minimum atomic E-state index is -0.171. The Labute approximate surface area is 167 Å². The number of amides is 2. The van der Waals surface area contributed by atoms with E-state index in [1.807, 2.05) is 41.8 Å². The van der Waals surface area contributed by atoms with Crippen LogP contribution in [0.15, 0.2) is 66.0 Å². The Hall–Kier alpha value is -2.63. The van der Waals surface area contributed by atoms with Crippen LogP contribution in [0.5, 0.6) is 0 Å². The molecular weight excluding hydrogens is 380 g/mol. The van der Waals surface area contributed by atoms with Gasteiger partial charge in [-0.1, -0.05) is 35.9 Å². The van der Waals surface area contributed by atoms with Crippen LogP contribution in [0.2, 0.25) is 5.02 Å². The second-order valence-electron chi connectivity index (χ2n) is 5.94. The molecule has 0 unspecified atom stereocenters. The molecule has 4 nitrogen and oxygen atoms in total. The van der Waals surface area contributed by atoms with Crippen molar-refractivity contribution in [1.29, 1.82) is 0 Å². The van der Waals surface area contributed by atoms with Crippen LogP contribution in [0, 0.1) is 0 Å². The number of halogens is 1. The molecule has 3 rings (SSSR count). The summed E-state index contributed by atoms with van der Waals surface area (Å²) >= 11 is 7.45. The zero-order valence-corrected chi connectivity index (χ0v) is 16.1. The first-order chi connectivity index (χ1) is 13.1. The Bertz CT molecular complexity index is 908. The van der Waals surface area contributed by atoms with Gasteiger partial charge in [0.1, 0.15) is 0 Å². The fourth-order valence-electron chi connectivity index (χ4n) is 2.61. The quantitative estimate of drug-likeness (QED) is 0.536. The van der Waals surface area contributed by atoms with Crippen LogP contribution in [-0.2, 0) is 4.79 Å². The Kier molecular flexibility index (Phi) is 6.63. The predicted octanol–water partition coefficient (Wildman–Crippen LogP) is 5.22. The van der Waals surface area contributed by atoms with Gasteiger partial charge in [-0.2, -0.15) is 0 Å². The van der Waals surface area contributed by atoms with Crippen molar-refractivity contribution >= 4 is 40.4 Å². The Morgan fingerprint density at radius 1 is 0.963 bits per heavy atom. The summed E-state index contributed by atoms with van der Waals surface area (Å²) in [6, 6.07) is 18.5. The number of nitrogens with one attached hydrogen (secondary N) is 2. The van der Waals surface area contributed by atoms with Gasteiger partial charge >= 0.3 is 0 Å². The number of hydrogen-bond acceptors (Lipinski definition) is 3. The molecule has 138 valence electrons. The van der Waals surface area contributed by atoms with Gasteiger partial charge in [0.05, 0.1) is 0 Å². The summed E-state index contributed by atoms with van der Waals surface area (Å²) in [7, 11) is 0. The van der Waals surface area contributed by atoms with E-state index < -0.39 is 0 Å². The lowest BCUT2D eigenvalue weighted by Gasteiger charge is -2.10. The maximum absolute atomic E-state index is 12.3. The first-order valence-corrected chi connectivity index (χ1v) is 9.86. The van der Waals surface area contributed by atoms with Gasteiger partial charge in [0.25, 0.3) is 5.91 Å². The molecular formula is C21H19ClN2O2S. The van der Waals surface area contributed by atoms with Crippen LogP contribution in [0.3, 0.4) is 0 Å². The summed E-state index contributed by atoms with van der Waals surface area (Å²) in [5, 5.41) is 8.38. The highest BCUT2D eigenvalue weighted by Crippen LogP contribution is 2.31. The fraction of sp³-hybridized carbons (Fsp3) is 0.143. The van der Waals surface area contributed by atoms with E-state index >= 15 is 0 Å². The molecule has 1 heterocycles. The van der Waals surface area contributed by atoms with E-state index in [1.165, 1.54) is 0 Å². The topological polar surface area (TPSA) is 58.2 Å². The summed E-state index contributed by atoms with van der Waals surface area (Å²) in [6.45, 7) is 0.432. The molecule has 6 heteroatoms. The van der Waals surface area contributed by atoms with Crippen molar-refractivity contribution in [2.75, 3.05) is 11.9 Å². The summed E-state index contributed by atoms with van der Waals surface area (Å²) < 4.78 is 0. The molecule has 0 saturated carbocycles. The van der Waals surface area contributed by atoms with Crippen molar-refractivity contribution in [1.82, 2.24) is 5.32 Å². The van der Waals surface area contributed by atoms with Gasteiger partial charge in [-0.3, -0.25) is 9.59 Å². The van der Waals surface area contributed by atoms with Crippen LogP contribution < -0.4 is 10.6 Å². The van der Waals surface area contributed by atoms with Crippen LogP contribution in [-0.4, -0.2) is 18.4 Å². The van der Waals surface area contributed by atoms with Crippen molar-refractivity contribution in [2.24, 2.45) is 0 Å². The molecule has 0 atom stereocenters. The van der Waals surface area contributed by atoms with Crippen molar-refractivity contribution < 1.29 is 9.59 Å². The van der Waals surface area contributed by atoms with Crippen LogP contribution >= 0.6 is 22.9 Å². The first-order valence-electron chi connectivity index (χ1n) is 8.60. The molecule has 0 aliphatic heterocycles. The van der Waals surface area contributed by atoms with E-state index in [1.54, 1.807) is 35.6 Å². The molecule has 1 aromatic heterocycles. The number of carbonyl (C=O) groups is 2. The maximum Gasteiger partial charge on any atom is 0.251 e. The number of benzene rings is 2. The van der Waals surface area contributed by atoms with E-state index in [-0.39, 0.29) is 11.8 Å². The van der Waals surface area contributed by atoms with E-state index in [0.29, 0.717) is 30.0 Å². The van der Waals surface area contributed by atoms with E-state index in [4.69, 9.17) is 11.6 Å². The smallest absolute Gasteiger partial charge is 0.251 e. The zero-order valence-electron chi connectivity index (χ0n) is 14.6. The summed E-state index contributed by atoms with van der Waals surface area (Å²) in [4.78, 5) is 25.4. The third-order valence-corrected chi connectivity index (χ3v) is 5.12. The average Bonchev–Trinajstić information content (AvgIpc) is 3.20. The SMILES string of the molecule is O=C(CCCNC(=O)c1ccc(Cl)cc1)Nc1ccccc1-c1cccs1. The van der Waals surface area contributed by atoms with Gasteiger partial charge < -0.3 is 10.6 Å². The van der Waals surface area contributed by atoms with Gasteiger partial charge in [-0.25, -0.2) is 0 Å². The number of rotatable bonds is 7. The molecule has 0 aliphatic rings. The van der Waals surface area contributed by atoms with Crippen LogP contribution in [0.4, 0.5) is 5.69 Å². The molecule has 3 aromatic rings. The second-order valence-corrected chi connectivity index (χ2v) is 7.32. The van der Waals surface area contributed by atoms with E-state index in [2.05, 4.69) is 10.6 Å². The van der Waals surface area contributed by atoms with E-state index in [9.17, 15) is 9.59 Å². The number of para-hydroxylation sites is 1. The molecule has 0 aliphatic carbocycles. The molecule has 0 spiro atoms. The van der Waals surface area contributed by atoms with E-state index in [0.717, 1.165) is 16.1 Å². The third kappa shape index (κ3) is 5.42. The lowest BCUT2D eigenvalue weighted by Crippen LogP contribution is -2.25. The van der Waals surface area contributed by atoms with Gasteiger partial charge in [0.15, 0.2) is 0 Å². The lowest BCUT2D eigenvalue weighted by atomic mass is 10.1. The number of thiophene rings is 1. The summed E-state index contributed by atoms with van der Waals surface area (Å²) in [5.41, 5.74) is 2.36. The molecule has 0 saturated heterocycles. The predicted molar refractivity (Wildman–Crippen MR) is 111 cm³/mol. The largest absolute Gasteiger partial charge is 0.352 e. The van der Waals surface area contributed by atoms with Crippen LogP contribution in [0.25, 0.3) is 10.4 Å². The lowest BCUT2D eigenvalue weighted by molar-refractivity contribution is -0.116. The molecule has 0 radical (unpaired) electrons. The standard InChI is InChI=1S/C21H19ClN2O2S/c22-16-11-9-15(10-12-16)21(26)23-13-3-8-20(25)24-18-6-2-1-5-17(18)19-7-4-14-27-19/h1-2,4-7,9-12,14H,3,8,13H2,(H,23,26)(H,24,25). The highest BCUT2D eigenvalue weighted by Gasteiger charge is 2.09. The normalized spacial score (nSPS) is 10.4. The highest BCUT2D eigenvalue weighted by molar-refractivity contribution is 7.13. The average molecular weight is 399 g/mol. The first kappa shape index (κ1) is 19.1. The zero-order chi connectivity index (χ0) is 19.1. The minimum absolute atomic E-state index is 0.0697. The van der Waals surface area contributed by atoms with Crippen molar-refractivity contribution in [3.63, 3.8) is 0 Å². The summed E-state index contributed by atoms with van der Waals surface area (Å²) in [6.07, 6.45) is 0.895. The molecule has 27 heavy (non-hydrogen) atoms. The van der Waals surface area contributed by atoms with Crippen molar-refractivity contribution in [3.8, 4) is 10.4 Å². The third-order valence-electron chi connectivity index (χ3n) is 3.96. The fourth-order valence-corrected chi connectivity index (χ4v) is 3.50. The molecule has 0 bridgehead atoms. The Morgan fingerprint density at radius 2 is 1.74 bits per heavy atom. The molecule has 2 N–H and O–H groups in total. The van der Waals surface area contributed by atoms with Crippen molar-refractivity contribution in [3.05, 3.63) is 76.6 Å². The Balaban J connectivity index is 1.47. The van der Waals surface area contributed by atoms with Gasteiger partial charge in [-0.15, -0.1) is 11.3 Å². The maximum atomic E-state index is 12.3.